The van der Waals surface area contributed by atoms with Gasteiger partial charge in [0.2, 0.25) is 5.91 Å². The first-order valence-electron chi connectivity index (χ1n) is 16.7. The van der Waals surface area contributed by atoms with Gasteiger partial charge >= 0.3 is 11.9 Å². The molecule has 284 valence electrons. The fourth-order valence-corrected chi connectivity index (χ4v) is 5.31. The number of carboxylic acids is 1. The number of rotatable bonds is 28. The highest BCUT2D eigenvalue weighted by atomic mass is 17.0. The van der Waals surface area contributed by atoms with E-state index in [4.69, 9.17) is 18.9 Å². The molecule has 1 amide bonds. The molecule has 17 heteroatoms. The summed E-state index contributed by atoms with van der Waals surface area (Å²) in [5, 5.41) is 32.1. The SMILES string of the molecule is COCCCOc1cc(C[C@@H](C[C@H](NC(=O)CCCO[N+](=O)[O-])[C@H](C[C@H](C(=O)O)C(C)C)OC(=O)CCCO[N+](=O)[O-])C(C)C)ccc1OC. The van der Waals surface area contributed by atoms with E-state index in [1.54, 1.807) is 34.1 Å². The van der Waals surface area contributed by atoms with Gasteiger partial charge in [-0.2, -0.15) is 0 Å². The second-order valence-electron chi connectivity index (χ2n) is 12.6. The summed E-state index contributed by atoms with van der Waals surface area (Å²) >= 11 is 0. The molecular weight excluding hydrogens is 662 g/mol. The zero-order valence-corrected chi connectivity index (χ0v) is 29.8. The Balaban J connectivity index is 3.43. The van der Waals surface area contributed by atoms with Crippen LogP contribution in [-0.2, 0) is 40.0 Å². The quantitative estimate of drug-likeness (QED) is 0.0530. The molecule has 0 radical (unpaired) electrons. The van der Waals surface area contributed by atoms with Gasteiger partial charge in [0.25, 0.3) is 10.2 Å². The largest absolute Gasteiger partial charge is 0.493 e. The summed E-state index contributed by atoms with van der Waals surface area (Å²) in [5.41, 5.74) is 0.915. The zero-order valence-electron chi connectivity index (χ0n) is 29.8. The van der Waals surface area contributed by atoms with Crippen LogP contribution in [0.4, 0.5) is 0 Å². The molecule has 0 aliphatic heterocycles. The maximum atomic E-state index is 13.2. The monoisotopic (exact) mass is 715 g/mol. The number of carboxylic acid groups (broad SMARTS) is 1. The van der Waals surface area contributed by atoms with Gasteiger partial charge in [-0.3, -0.25) is 14.4 Å². The van der Waals surface area contributed by atoms with E-state index in [1.165, 1.54) is 0 Å². The Morgan fingerprint density at radius 2 is 1.48 bits per heavy atom. The van der Waals surface area contributed by atoms with Gasteiger partial charge < -0.3 is 39.0 Å². The number of hydrogen-bond donors (Lipinski definition) is 2. The minimum atomic E-state index is -1.10. The number of benzene rings is 1. The number of carbonyl (C=O) groups is 3. The van der Waals surface area contributed by atoms with Gasteiger partial charge in [0, 0.05) is 33.0 Å². The fraction of sp³-hybridized carbons (Fsp3) is 0.727. The first kappa shape index (κ1) is 43.6. The van der Waals surface area contributed by atoms with Crippen molar-refractivity contribution in [1.82, 2.24) is 5.32 Å². The lowest BCUT2D eigenvalue weighted by molar-refractivity contribution is -0.757. The first-order valence-corrected chi connectivity index (χ1v) is 16.7. The molecule has 0 aliphatic carbocycles. The van der Waals surface area contributed by atoms with Crippen LogP contribution in [0.5, 0.6) is 11.5 Å². The maximum Gasteiger partial charge on any atom is 0.306 e. The molecule has 0 saturated carbocycles. The van der Waals surface area contributed by atoms with Crippen molar-refractivity contribution in [3.8, 4) is 11.5 Å². The summed E-state index contributed by atoms with van der Waals surface area (Å²) in [6.45, 7) is 7.78. The van der Waals surface area contributed by atoms with Crippen LogP contribution in [0.3, 0.4) is 0 Å². The predicted molar refractivity (Wildman–Crippen MR) is 178 cm³/mol. The molecule has 0 aliphatic rings. The molecule has 0 fully saturated rings. The smallest absolute Gasteiger partial charge is 0.306 e. The molecule has 50 heavy (non-hydrogen) atoms. The topological polar surface area (TPSA) is 225 Å². The van der Waals surface area contributed by atoms with E-state index in [1.807, 2.05) is 26.0 Å². The predicted octanol–water partition coefficient (Wildman–Crippen LogP) is 4.44. The highest BCUT2D eigenvalue weighted by molar-refractivity contribution is 5.76. The van der Waals surface area contributed by atoms with Gasteiger partial charge in [0.05, 0.1) is 38.9 Å². The number of nitrogens with zero attached hydrogens (tertiary/aromatic N) is 2. The highest BCUT2D eigenvalue weighted by Gasteiger charge is 2.35. The lowest BCUT2D eigenvalue weighted by Crippen LogP contribution is -2.48. The van der Waals surface area contributed by atoms with Crippen molar-refractivity contribution < 1.29 is 58.3 Å². The van der Waals surface area contributed by atoms with E-state index in [0.717, 1.165) is 5.56 Å². The lowest BCUT2D eigenvalue weighted by atomic mass is 9.80. The molecule has 1 rings (SSSR count). The van der Waals surface area contributed by atoms with Crippen molar-refractivity contribution in [2.45, 2.75) is 91.2 Å². The number of amides is 1. The molecule has 1 aromatic carbocycles. The molecule has 0 aromatic heterocycles. The minimum absolute atomic E-state index is 0.0193. The van der Waals surface area contributed by atoms with Gasteiger partial charge in [0.15, 0.2) is 11.5 Å². The molecular formula is C33H53N3O14. The average Bonchev–Trinajstić information content (AvgIpc) is 3.04. The summed E-state index contributed by atoms with van der Waals surface area (Å²) in [5.74, 6) is -2.56. The Hall–Kier alpha value is -4.41. The summed E-state index contributed by atoms with van der Waals surface area (Å²) in [4.78, 5) is 68.1. The van der Waals surface area contributed by atoms with E-state index in [9.17, 15) is 39.7 Å². The third-order valence-corrected chi connectivity index (χ3v) is 8.13. The average molecular weight is 716 g/mol. The molecule has 2 N–H and O–H groups in total. The zero-order chi connectivity index (χ0) is 37.6. The van der Waals surface area contributed by atoms with Crippen molar-refractivity contribution in [1.29, 1.82) is 0 Å². The number of nitrogens with one attached hydrogen (secondary N) is 1. The van der Waals surface area contributed by atoms with E-state index in [2.05, 4.69) is 15.0 Å². The molecule has 0 saturated heterocycles. The lowest BCUT2D eigenvalue weighted by Gasteiger charge is -2.34. The van der Waals surface area contributed by atoms with Crippen LogP contribution in [0.2, 0.25) is 0 Å². The Kier molecular flexibility index (Phi) is 20.8. The molecule has 0 heterocycles. The second-order valence-corrected chi connectivity index (χ2v) is 12.6. The summed E-state index contributed by atoms with van der Waals surface area (Å²) in [7, 11) is 3.15. The van der Waals surface area contributed by atoms with Crippen molar-refractivity contribution in [2.24, 2.45) is 23.7 Å². The van der Waals surface area contributed by atoms with Crippen LogP contribution in [0.25, 0.3) is 0 Å². The molecule has 17 nitrogen and oxygen atoms in total. The molecule has 0 unspecified atom stereocenters. The standard InChI is InChI=1S/C33H53N3O14/c1-22(2)25(18-24-12-13-28(46-6)30(19-24)47-15-9-14-45-5)20-27(34-31(37)10-7-16-48-35(41)42)29(21-26(23(3)4)33(39)40)50-32(38)11-8-17-49-36(43)44/h12-13,19,22-23,25-27,29H,7-11,14-18,20-21H2,1-6H3,(H,34,37)(H,39,40)/t25-,26-,27-,29-/m0/s1. The van der Waals surface area contributed by atoms with Crippen LogP contribution in [0, 0.1) is 43.9 Å². The molecule has 0 spiro atoms. The van der Waals surface area contributed by atoms with Gasteiger partial charge in [-0.15, -0.1) is 20.2 Å². The Morgan fingerprint density at radius 1 is 0.840 bits per heavy atom. The van der Waals surface area contributed by atoms with Gasteiger partial charge in [-0.1, -0.05) is 33.8 Å². The van der Waals surface area contributed by atoms with Gasteiger partial charge in [-0.05, 0) is 67.6 Å². The summed E-state index contributed by atoms with van der Waals surface area (Å²) in [6, 6.07) is 4.74. The van der Waals surface area contributed by atoms with E-state index in [0.29, 0.717) is 37.6 Å². The van der Waals surface area contributed by atoms with E-state index < -0.39 is 46.1 Å². The number of hydrogen-bond acceptors (Lipinski definition) is 13. The van der Waals surface area contributed by atoms with E-state index >= 15 is 0 Å². The van der Waals surface area contributed by atoms with Crippen molar-refractivity contribution in [2.75, 3.05) is 40.6 Å². The Bertz CT molecular complexity index is 1210. The van der Waals surface area contributed by atoms with Crippen LogP contribution in [0.15, 0.2) is 18.2 Å². The molecule has 4 atom stereocenters. The van der Waals surface area contributed by atoms with Crippen LogP contribution >= 0.6 is 0 Å². The third kappa shape index (κ3) is 17.8. The maximum absolute atomic E-state index is 13.2. The third-order valence-electron chi connectivity index (χ3n) is 8.13. The molecule has 0 bridgehead atoms. The Morgan fingerprint density at radius 3 is 2.02 bits per heavy atom. The minimum Gasteiger partial charge on any atom is -0.493 e. The summed E-state index contributed by atoms with van der Waals surface area (Å²) in [6.07, 6.45) is -0.0908. The number of aliphatic carboxylic acids is 1. The molecule has 1 aromatic rings. The van der Waals surface area contributed by atoms with Crippen LogP contribution in [0.1, 0.15) is 78.2 Å². The Labute approximate surface area is 292 Å². The number of esters is 1. The fourth-order valence-electron chi connectivity index (χ4n) is 5.31. The second kappa shape index (κ2) is 23.9. The number of ether oxygens (including phenoxy) is 4. The van der Waals surface area contributed by atoms with Gasteiger partial charge in [-0.25, -0.2) is 0 Å². The highest BCUT2D eigenvalue weighted by Crippen LogP contribution is 2.32. The first-order chi connectivity index (χ1) is 23.7. The normalized spacial score (nSPS) is 13.5. The number of carbonyl (C=O) groups excluding carboxylic acids is 2. The number of methoxy groups -OCH3 is 2. The van der Waals surface area contributed by atoms with Crippen LogP contribution in [-0.4, -0.2) is 85.9 Å². The summed E-state index contributed by atoms with van der Waals surface area (Å²) < 4.78 is 22.4. The van der Waals surface area contributed by atoms with Crippen LogP contribution < -0.4 is 14.8 Å². The van der Waals surface area contributed by atoms with Crippen molar-refractivity contribution in [3.63, 3.8) is 0 Å². The van der Waals surface area contributed by atoms with Gasteiger partial charge in [0.1, 0.15) is 6.10 Å². The van der Waals surface area contributed by atoms with Crippen molar-refractivity contribution in [3.05, 3.63) is 44.0 Å². The van der Waals surface area contributed by atoms with E-state index in [-0.39, 0.29) is 69.5 Å². The van der Waals surface area contributed by atoms with Crippen molar-refractivity contribution >= 4 is 17.8 Å².